The van der Waals surface area contributed by atoms with E-state index in [0.29, 0.717) is 5.69 Å². The Kier molecular flexibility index (Phi) is 5.88. The van der Waals surface area contributed by atoms with E-state index in [0.717, 1.165) is 30.6 Å². The van der Waals surface area contributed by atoms with Crippen LogP contribution < -0.4 is 4.90 Å². The van der Waals surface area contributed by atoms with Crippen molar-refractivity contribution in [2.45, 2.75) is 23.2 Å². The molecule has 0 bridgehead atoms. The topological polar surface area (TPSA) is 74.8 Å². The number of imide groups is 1. The van der Waals surface area contributed by atoms with E-state index >= 15 is 0 Å². The molecule has 9 heteroatoms. The minimum absolute atomic E-state index is 0.00105. The highest BCUT2D eigenvalue weighted by atomic mass is 79.9. The zero-order valence-corrected chi connectivity index (χ0v) is 18.9. The summed E-state index contributed by atoms with van der Waals surface area (Å²) in [5.74, 6) is -0.967. The van der Waals surface area contributed by atoms with Gasteiger partial charge in [0.15, 0.2) is 0 Å². The van der Waals surface area contributed by atoms with Gasteiger partial charge in [0.2, 0.25) is 5.91 Å². The highest BCUT2D eigenvalue weighted by molar-refractivity contribution is 9.10. The van der Waals surface area contributed by atoms with Crippen LogP contribution >= 0.6 is 27.3 Å². The van der Waals surface area contributed by atoms with Crippen molar-refractivity contribution in [3.05, 3.63) is 82.1 Å². The van der Waals surface area contributed by atoms with Crippen LogP contribution in [0.1, 0.15) is 12.0 Å². The Morgan fingerprint density at radius 3 is 2.33 bits per heavy atom. The van der Waals surface area contributed by atoms with Gasteiger partial charge in [0.1, 0.15) is 10.3 Å². The summed E-state index contributed by atoms with van der Waals surface area (Å²) in [7, 11) is -3.96. The lowest BCUT2D eigenvalue weighted by molar-refractivity contribution is -0.122. The molecule has 0 radical (unpaired) electrons. The maximum atomic E-state index is 13.4. The molecule has 2 aromatic carbocycles. The average molecular weight is 505 g/mol. The first-order valence-electron chi connectivity index (χ1n) is 9.09. The maximum absolute atomic E-state index is 13.4. The number of carbonyl (C=O) groups excluding carboxylic acids is 2. The van der Waals surface area contributed by atoms with Crippen molar-refractivity contribution < 1.29 is 18.0 Å². The lowest BCUT2D eigenvalue weighted by Crippen LogP contribution is -2.44. The minimum Gasteiger partial charge on any atom is -0.274 e. The third-order valence-corrected chi connectivity index (χ3v) is 8.55. The number of anilines is 1. The third-order valence-electron chi connectivity index (χ3n) is 4.79. The zero-order chi connectivity index (χ0) is 21.3. The summed E-state index contributed by atoms with van der Waals surface area (Å²) < 4.78 is 28.8. The first-order valence-corrected chi connectivity index (χ1v) is 12.2. The average Bonchev–Trinajstić information content (AvgIpc) is 3.37. The van der Waals surface area contributed by atoms with Crippen molar-refractivity contribution in [3.63, 3.8) is 0 Å². The number of hydrogen-bond donors (Lipinski definition) is 0. The van der Waals surface area contributed by atoms with E-state index in [1.54, 1.807) is 60.0 Å². The Hall–Kier alpha value is -2.33. The molecule has 0 N–H and O–H groups in total. The fraction of sp³-hybridized carbons (Fsp3) is 0.143. The van der Waals surface area contributed by atoms with Crippen LogP contribution in [0.15, 0.2) is 80.8 Å². The molecule has 154 valence electrons. The van der Waals surface area contributed by atoms with Crippen LogP contribution in [-0.4, -0.2) is 30.6 Å². The van der Waals surface area contributed by atoms with Crippen LogP contribution in [0, 0.1) is 0 Å². The van der Waals surface area contributed by atoms with Crippen molar-refractivity contribution in [3.8, 4) is 0 Å². The van der Waals surface area contributed by atoms with Crippen molar-refractivity contribution in [2.24, 2.45) is 0 Å². The predicted octanol–water partition coefficient (Wildman–Crippen LogP) is 4.03. The number of hydrogen-bond acceptors (Lipinski definition) is 5. The van der Waals surface area contributed by atoms with E-state index < -0.39 is 27.9 Å². The Morgan fingerprint density at radius 1 is 1.00 bits per heavy atom. The molecule has 1 aliphatic rings. The van der Waals surface area contributed by atoms with Crippen LogP contribution in [-0.2, 0) is 26.2 Å². The molecule has 1 aromatic heterocycles. The lowest BCUT2D eigenvalue weighted by Gasteiger charge is -2.26. The molecule has 4 rings (SSSR count). The number of thiophene rings is 1. The molecular weight excluding hydrogens is 488 g/mol. The van der Waals surface area contributed by atoms with E-state index in [9.17, 15) is 18.0 Å². The summed E-state index contributed by atoms with van der Waals surface area (Å²) >= 11 is 4.41. The largest absolute Gasteiger partial charge is 0.274 e. The molecule has 1 saturated heterocycles. The molecule has 3 aromatic rings. The van der Waals surface area contributed by atoms with Crippen molar-refractivity contribution in [1.29, 1.82) is 0 Å². The molecule has 2 amide bonds. The Bertz CT molecular complexity index is 1160. The second-order valence-corrected chi connectivity index (χ2v) is 10.7. The van der Waals surface area contributed by atoms with E-state index in [1.165, 1.54) is 6.07 Å². The lowest BCUT2D eigenvalue weighted by atomic mass is 10.2. The first-order chi connectivity index (χ1) is 14.4. The van der Waals surface area contributed by atoms with Gasteiger partial charge in [0, 0.05) is 11.0 Å². The Balaban J connectivity index is 1.73. The summed E-state index contributed by atoms with van der Waals surface area (Å²) in [4.78, 5) is 27.0. The van der Waals surface area contributed by atoms with Gasteiger partial charge in [-0.15, -0.1) is 11.3 Å². The smallest absolute Gasteiger partial charge is 0.253 e. The number of sulfonamides is 1. The molecule has 1 unspecified atom stereocenters. The van der Waals surface area contributed by atoms with Gasteiger partial charge in [-0.25, -0.2) is 13.3 Å². The Morgan fingerprint density at radius 2 is 1.70 bits per heavy atom. The number of benzene rings is 2. The molecule has 6 nitrogen and oxygen atoms in total. The number of halogens is 1. The number of carbonyl (C=O) groups is 2. The van der Waals surface area contributed by atoms with E-state index in [4.69, 9.17) is 0 Å². The van der Waals surface area contributed by atoms with E-state index in [1.807, 2.05) is 6.07 Å². The molecular formula is C21H17BrN2O4S2. The van der Waals surface area contributed by atoms with Crippen molar-refractivity contribution >= 4 is 54.8 Å². The number of amides is 2. The van der Waals surface area contributed by atoms with Gasteiger partial charge < -0.3 is 0 Å². The van der Waals surface area contributed by atoms with Crippen molar-refractivity contribution in [2.75, 3.05) is 4.90 Å². The number of nitrogens with zero attached hydrogens (tertiary/aromatic N) is 2. The fourth-order valence-electron chi connectivity index (χ4n) is 3.35. The van der Waals surface area contributed by atoms with E-state index in [2.05, 4.69) is 15.9 Å². The van der Waals surface area contributed by atoms with Gasteiger partial charge in [-0.05, 0) is 41.3 Å². The van der Waals surface area contributed by atoms with Gasteiger partial charge in [0.25, 0.3) is 15.9 Å². The van der Waals surface area contributed by atoms with Crippen LogP contribution in [0.5, 0.6) is 0 Å². The SMILES string of the molecule is O=C1CC(N(Cc2ccccc2)S(=O)(=O)c2cccs2)C(=O)N1c1ccc(Br)cc1. The molecule has 0 spiro atoms. The molecule has 2 heterocycles. The molecule has 0 saturated carbocycles. The van der Waals surface area contributed by atoms with Gasteiger partial charge in [-0.3, -0.25) is 9.59 Å². The second-order valence-electron chi connectivity index (χ2n) is 6.73. The molecule has 0 aliphatic carbocycles. The number of rotatable bonds is 6. The summed E-state index contributed by atoms with van der Waals surface area (Å²) in [6.45, 7) is -0.00105. The van der Waals surface area contributed by atoms with Gasteiger partial charge in [0.05, 0.1) is 12.1 Å². The highest BCUT2D eigenvalue weighted by Gasteiger charge is 2.47. The summed E-state index contributed by atoms with van der Waals surface area (Å²) in [5.41, 5.74) is 1.16. The summed E-state index contributed by atoms with van der Waals surface area (Å²) in [5, 5.41) is 1.67. The van der Waals surface area contributed by atoms with Gasteiger partial charge in [-0.2, -0.15) is 4.31 Å². The molecule has 30 heavy (non-hydrogen) atoms. The monoisotopic (exact) mass is 504 g/mol. The highest BCUT2D eigenvalue weighted by Crippen LogP contribution is 2.32. The summed E-state index contributed by atoms with van der Waals surface area (Å²) in [6.07, 6.45) is -0.202. The van der Waals surface area contributed by atoms with Gasteiger partial charge in [-0.1, -0.05) is 52.3 Å². The molecule has 1 fully saturated rings. The maximum Gasteiger partial charge on any atom is 0.253 e. The first kappa shape index (κ1) is 20.9. The van der Waals surface area contributed by atoms with Gasteiger partial charge >= 0.3 is 0 Å². The predicted molar refractivity (Wildman–Crippen MR) is 119 cm³/mol. The van der Waals surface area contributed by atoms with Crippen molar-refractivity contribution in [1.82, 2.24) is 4.31 Å². The van der Waals surface area contributed by atoms with Crippen LogP contribution in [0.25, 0.3) is 0 Å². The summed E-state index contributed by atoms with van der Waals surface area (Å²) in [6, 6.07) is 17.8. The normalized spacial score (nSPS) is 17.1. The molecule has 1 aliphatic heterocycles. The van der Waals surface area contributed by atoms with Crippen LogP contribution in [0.2, 0.25) is 0 Å². The standard InChI is InChI=1S/C21H17BrN2O4S2/c22-16-8-10-17(11-9-16)24-19(25)13-18(21(24)26)23(14-15-5-2-1-3-6-15)30(27,28)20-7-4-12-29-20/h1-12,18H,13-14H2. The fourth-order valence-corrected chi connectivity index (χ4v) is 6.31. The second kappa shape index (κ2) is 8.43. The van der Waals surface area contributed by atoms with E-state index in [-0.39, 0.29) is 17.2 Å². The van der Waals surface area contributed by atoms with Crippen LogP contribution in [0.3, 0.4) is 0 Å². The third kappa shape index (κ3) is 3.98. The molecule has 1 atom stereocenters. The van der Waals surface area contributed by atoms with Crippen LogP contribution in [0.4, 0.5) is 5.69 Å². The quantitative estimate of drug-likeness (QED) is 0.474. The Labute approximate surface area is 186 Å². The zero-order valence-electron chi connectivity index (χ0n) is 15.6. The minimum atomic E-state index is -3.96.